The quantitative estimate of drug-likeness (QED) is 0.196. The van der Waals surface area contributed by atoms with Crippen LogP contribution in [0.4, 0.5) is 0 Å². The molecule has 0 saturated carbocycles. The highest BCUT2D eigenvalue weighted by molar-refractivity contribution is 7.24. The molecule has 10 aromatic rings. The highest BCUT2D eigenvalue weighted by Gasteiger charge is 2.19. The maximum Gasteiger partial charge on any atom is 0.195 e. The zero-order valence-electron chi connectivity index (χ0n) is 24.8. The van der Waals surface area contributed by atoms with Gasteiger partial charge in [-0.3, -0.25) is 4.40 Å². The average molecular weight is 622 g/mol. The van der Waals surface area contributed by atoms with Crippen LogP contribution in [0.5, 0.6) is 0 Å². The number of rotatable bonds is 4. The van der Waals surface area contributed by atoms with Gasteiger partial charge in [-0.05, 0) is 29.8 Å². The van der Waals surface area contributed by atoms with Gasteiger partial charge in [0, 0.05) is 33.0 Å². The lowest BCUT2D eigenvalue weighted by molar-refractivity contribution is 0.674. The molecule has 0 saturated heterocycles. The van der Waals surface area contributed by atoms with Crippen molar-refractivity contribution in [1.82, 2.24) is 24.3 Å². The number of hydrogen-bond acceptors (Lipinski definition) is 6. The smallest absolute Gasteiger partial charge is 0.195 e. The van der Waals surface area contributed by atoms with Crippen molar-refractivity contribution in [2.24, 2.45) is 0 Å². The summed E-state index contributed by atoms with van der Waals surface area (Å²) in [7, 11) is 0. The van der Waals surface area contributed by atoms with Crippen LogP contribution in [-0.2, 0) is 0 Å². The molecule has 220 valence electrons. The second kappa shape index (κ2) is 10.2. The molecule has 6 nitrogen and oxygen atoms in total. The van der Waals surface area contributed by atoms with Crippen LogP contribution in [0.3, 0.4) is 0 Å². The van der Waals surface area contributed by atoms with E-state index in [0.29, 0.717) is 17.5 Å². The largest absolute Gasteiger partial charge is 0.454 e. The number of para-hydroxylation sites is 3. The summed E-state index contributed by atoms with van der Waals surface area (Å²) in [6.45, 7) is 0. The van der Waals surface area contributed by atoms with Gasteiger partial charge in [-0.2, -0.15) is 0 Å². The summed E-state index contributed by atoms with van der Waals surface area (Å²) in [4.78, 5) is 20.5. The summed E-state index contributed by atoms with van der Waals surface area (Å²) < 4.78 is 10.1. The van der Waals surface area contributed by atoms with Crippen LogP contribution in [0.2, 0.25) is 0 Å². The molecule has 0 spiro atoms. The third kappa shape index (κ3) is 4.10. The van der Waals surface area contributed by atoms with Crippen LogP contribution in [0.15, 0.2) is 144 Å². The lowest BCUT2D eigenvalue weighted by Gasteiger charge is -2.09. The lowest BCUT2D eigenvalue weighted by atomic mass is 10.0. The summed E-state index contributed by atoms with van der Waals surface area (Å²) in [5, 5.41) is 2.20. The Balaban J connectivity index is 1.09. The van der Waals surface area contributed by atoms with Crippen molar-refractivity contribution in [2.45, 2.75) is 0 Å². The van der Waals surface area contributed by atoms with Gasteiger partial charge in [-0.15, -0.1) is 0 Å². The van der Waals surface area contributed by atoms with Gasteiger partial charge in [0.1, 0.15) is 5.58 Å². The molecule has 6 aromatic carbocycles. The van der Waals surface area contributed by atoms with E-state index in [1.165, 1.54) is 0 Å². The van der Waals surface area contributed by atoms with Gasteiger partial charge in [0.05, 0.1) is 21.3 Å². The second-order valence-electron chi connectivity index (χ2n) is 11.5. The molecule has 0 unspecified atom stereocenters. The van der Waals surface area contributed by atoms with Crippen molar-refractivity contribution in [3.63, 3.8) is 0 Å². The third-order valence-electron chi connectivity index (χ3n) is 8.72. The Kier molecular flexibility index (Phi) is 5.64. The molecule has 10 rings (SSSR count). The number of furan rings is 1. The first-order chi connectivity index (χ1) is 23.3. The van der Waals surface area contributed by atoms with Crippen molar-refractivity contribution in [3.05, 3.63) is 140 Å². The summed E-state index contributed by atoms with van der Waals surface area (Å²) in [5.74, 6) is 1.92. The fourth-order valence-corrected chi connectivity index (χ4v) is 7.58. The maximum absolute atomic E-state index is 6.74. The third-order valence-corrected chi connectivity index (χ3v) is 9.77. The molecular weight excluding hydrogens is 599 g/mol. The number of imidazole rings is 1. The first-order valence-corrected chi connectivity index (χ1v) is 16.2. The Hall–Kier alpha value is -6.18. The molecule has 0 bridgehead atoms. The normalized spacial score (nSPS) is 11.8. The average Bonchev–Trinajstić information content (AvgIpc) is 3.82. The molecule has 0 aliphatic carbocycles. The van der Waals surface area contributed by atoms with Gasteiger partial charge < -0.3 is 4.42 Å². The minimum absolute atomic E-state index is 0.629. The van der Waals surface area contributed by atoms with Crippen LogP contribution in [0, 0.1) is 0 Å². The maximum atomic E-state index is 6.74. The molecule has 0 amide bonds. The number of benzene rings is 6. The van der Waals surface area contributed by atoms with Crippen LogP contribution in [0.1, 0.15) is 0 Å². The van der Waals surface area contributed by atoms with E-state index in [4.69, 9.17) is 24.4 Å². The molecule has 0 aliphatic rings. The zero-order chi connectivity index (χ0) is 30.9. The van der Waals surface area contributed by atoms with E-state index >= 15 is 0 Å². The van der Waals surface area contributed by atoms with E-state index in [0.717, 1.165) is 76.0 Å². The van der Waals surface area contributed by atoms with Crippen molar-refractivity contribution in [2.75, 3.05) is 0 Å². The van der Waals surface area contributed by atoms with Crippen LogP contribution >= 0.6 is 11.3 Å². The van der Waals surface area contributed by atoms with Crippen molar-refractivity contribution in [3.8, 4) is 45.3 Å². The van der Waals surface area contributed by atoms with Crippen LogP contribution in [0.25, 0.3) is 93.4 Å². The Morgan fingerprint density at radius 2 is 1.04 bits per heavy atom. The van der Waals surface area contributed by atoms with Gasteiger partial charge >= 0.3 is 0 Å². The molecule has 4 heterocycles. The van der Waals surface area contributed by atoms with Crippen LogP contribution in [-0.4, -0.2) is 24.3 Å². The first-order valence-electron chi connectivity index (χ1n) is 15.4. The Labute approximate surface area is 272 Å². The van der Waals surface area contributed by atoms with Gasteiger partial charge in [0.2, 0.25) is 0 Å². The molecular formula is C40H23N5OS. The number of fused-ring (bicyclic) bond motifs is 9. The summed E-state index contributed by atoms with van der Waals surface area (Å²) >= 11 is 1.67. The predicted octanol–water partition coefficient (Wildman–Crippen LogP) is 10.5. The fourth-order valence-electron chi connectivity index (χ4n) is 6.46. The SMILES string of the molecule is c1ccc(-c2nc(-c3ccccc3)nc(-c3ccc(-c4cccc5c4oc4c5ccc5c4sc4nc6ccccc6n45)cc3)n2)cc1. The molecule has 0 atom stereocenters. The number of thiazole rings is 1. The molecule has 7 heteroatoms. The van der Waals surface area contributed by atoms with E-state index in [1.54, 1.807) is 11.3 Å². The summed E-state index contributed by atoms with van der Waals surface area (Å²) in [6.07, 6.45) is 0. The molecule has 0 fully saturated rings. The first kappa shape index (κ1) is 26.1. The lowest BCUT2D eigenvalue weighted by Crippen LogP contribution is -2.00. The molecule has 0 radical (unpaired) electrons. The van der Waals surface area contributed by atoms with E-state index in [2.05, 4.69) is 77.2 Å². The molecule has 4 aromatic heterocycles. The summed E-state index contributed by atoms with van der Waals surface area (Å²) in [5.41, 5.74) is 9.89. The number of hydrogen-bond donors (Lipinski definition) is 0. The van der Waals surface area contributed by atoms with E-state index in [9.17, 15) is 0 Å². The Morgan fingerprint density at radius 1 is 0.447 bits per heavy atom. The highest BCUT2D eigenvalue weighted by atomic mass is 32.1. The zero-order valence-corrected chi connectivity index (χ0v) is 25.6. The number of aromatic nitrogens is 5. The standard InChI is InChI=1S/C40H23N5OS/c1-3-10-25(11-4-1)37-42-38(26-12-5-2-6-13-26)44-39(43-37)27-20-18-24(19-21-27)28-14-9-15-29-30-22-23-33-36(35(30)46-34(28)29)47-40-41-31-16-7-8-17-32(31)45(33)40/h1-23H. The van der Waals surface area contributed by atoms with Gasteiger partial charge in [0.25, 0.3) is 0 Å². The molecule has 0 aliphatic heterocycles. The van der Waals surface area contributed by atoms with Crippen LogP contribution < -0.4 is 0 Å². The van der Waals surface area contributed by atoms with E-state index in [1.807, 2.05) is 66.7 Å². The van der Waals surface area contributed by atoms with E-state index < -0.39 is 0 Å². The van der Waals surface area contributed by atoms with Crippen molar-refractivity contribution < 1.29 is 4.42 Å². The highest BCUT2D eigenvalue weighted by Crippen LogP contribution is 2.42. The fraction of sp³-hybridized carbons (Fsp3) is 0. The topological polar surface area (TPSA) is 69.1 Å². The Bertz CT molecular complexity index is 2720. The summed E-state index contributed by atoms with van der Waals surface area (Å²) in [6, 6.07) is 47.4. The van der Waals surface area contributed by atoms with E-state index in [-0.39, 0.29) is 0 Å². The van der Waals surface area contributed by atoms with Gasteiger partial charge in [0.15, 0.2) is 28.0 Å². The van der Waals surface area contributed by atoms with Gasteiger partial charge in [-0.25, -0.2) is 19.9 Å². The van der Waals surface area contributed by atoms with Crippen molar-refractivity contribution >= 4 is 59.5 Å². The predicted molar refractivity (Wildman–Crippen MR) is 190 cm³/mol. The van der Waals surface area contributed by atoms with Crippen molar-refractivity contribution in [1.29, 1.82) is 0 Å². The molecule has 0 N–H and O–H groups in total. The number of nitrogens with zero attached hydrogens (tertiary/aromatic N) is 5. The van der Waals surface area contributed by atoms with Gasteiger partial charge in [-0.1, -0.05) is 127 Å². The molecule has 47 heavy (non-hydrogen) atoms. The second-order valence-corrected chi connectivity index (χ2v) is 12.5. The monoisotopic (exact) mass is 621 g/mol. The Morgan fingerprint density at radius 3 is 1.74 bits per heavy atom. The minimum atomic E-state index is 0.629. The minimum Gasteiger partial charge on any atom is -0.454 e.